The summed E-state index contributed by atoms with van der Waals surface area (Å²) in [4.78, 5) is 19.3. The fraction of sp³-hybridized carbons (Fsp3) is 0. The van der Waals surface area contributed by atoms with E-state index in [1.54, 1.807) is 9.36 Å². The van der Waals surface area contributed by atoms with E-state index in [0.29, 0.717) is 11.9 Å². The highest BCUT2D eigenvalue weighted by Gasteiger charge is 2.14. The molecule has 0 fully saturated rings. The minimum absolute atomic E-state index is 0.624. The van der Waals surface area contributed by atoms with Crippen LogP contribution in [0.1, 0.15) is 0 Å². The van der Waals surface area contributed by atoms with Crippen LogP contribution in [0.5, 0.6) is 0 Å². The number of aromatic amines is 3. The van der Waals surface area contributed by atoms with E-state index in [-0.39, 0.29) is 0 Å². The SMILES string of the molecule is c1ccc2[nH]c(-n3cc(-c4ccc5[nH]c6ccc(-c7cn(-c8nc9ccccc9[nH]8)nn7)cc6c5c4)nn3)nc2c1. The summed E-state index contributed by atoms with van der Waals surface area (Å²) in [5, 5.41) is 19.7. The Bertz CT molecular complexity index is 2170. The molecule has 0 saturated heterocycles. The number of nitrogens with zero attached hydrogens (tertiary/aromatic N) is 8. The van der Waals surface area contributed by atoms with Gasteiger partial charge in [0.15, 0.2) is 0 Å². The Morgan fingerprint density at radius 2 is 0.976 bits per heavy atom. The molecule has 3 N–H and O–H groups in total. The minimum Gasteiger partial charge on any atom is -0.355 e. The third kappa shape index (κ3) is 3.46. The average Bonchev–Trinajstić information content (AvgIpc) is 3.84. The maximum absolute atomic E-state index is 4.62. The van der Waals surface area contributed by atoms with Crippen molar-refractivity contribution in [2.75, 3.05) is 0 Å². The first-order valence-corrected chi connectivity index (χ1v) is 13.1. The standard InChI is InChI=1S/C30H19N11/c1-2-6-24-23(5-1)32-29(33-24)40-15-27(36-38-40)17-9-11-21-19(13-17)20-14-18(10-12-22(20)31-21)28-16-41(39-37-28)30-34-25-7-3-4-8-26(25)35-30/h1-16,31H,(H,32,33)(H,34,35). The van der Waals surface area contributed by atoms with E-state index in [1.807, 2.05) is 73.1 Å². The highest BCUT2D eigenvalue weighted by atomic mass is 15.5. The second-order valence-corrected chi connectivity index (χ2v) is 9.90. The Balaban J connectivity index is 1.08. The zero-order chi connectivity index (χ0) is 26.9. The zero-order valence-corrected chi connectivity index (χ0v) is 21.3. The molecule has 41 heavy (non-hydrogen) atoms. The van der Waals surface area contributed by atoms with Crippen LogP contribution in [0.2, 0.25) is 0 Å². The van der Waals surface area contributed by atoms with Crippen LogP contribution in [-0.2, 0) is 0 Å². The summed E-state index contributed by atoms with van der Waals surface area (Å²) in [6.45, 7) is 0. The second kappa shape index (κ2) is 8.20. The molecule has 0 spiro atoms. The lowest BCUT2D eigenvalue weighted by Crippen LogP contribution is -1.96. The summed E-state index contributed by atoms with van der Waals surface area (Å²) in [6, 6.07) is 28.3. The Kier molecular flexibility index (Phi) is 4.36. The van der Waals surface area contributed by atoms with Crippen LogP contribution < -0.4 is 0 Å². The molecule has 5 aromatic heterocycles. The van der Waals surface area contributed by atoms with E-state index in [4.69, 9.17) is 0 Å². The van der Waals surface area contributed by atoms with Crippen molar-refractivity contribution in [2.24, 2.45) is 0 Å². The topological polar surface area (TPSA) is 135 Å². The van der Waals surface area contributed by atoms with E-state index in [1.165, 1.54) is 0 Å². The number of hydrogen-bond acceptors (Lipinski definition) is 6. The highest BCUT2D eigenvalue weighted by Crippen LogP contribution is 2.32. The van der Waals surface area contributed by atoms with Gasteiger partial charge in [0.2, 0.25) is 11.9 Å². The highest BCUT2D eigenvalue weighted by molar-refractivity contribution is 6.09. The fourth-order valence-corrected chi connectivity index (χ4v) is 5.31. The Hall–Kier alpha value is -6.10. The van der Waals surface area contributed by atoms with Gasteiger partial charge in [-0.15, -0.1) is 10.2 Å². The molecule has 9 aromatic rings. The van der Waals surface area contributed by atoms with Crippen molar-refractivity contribution in [1.82, 2.24) is 54.9 Å². The lowest BCUT2D eigenvalue weighted by molar-refractivity contribution is 0.769. The largest absolute Gasteiger partial charge is 0.355 e. The number of H-pyrrole nitrogens is 3. The number of nitrogens with one attached hydrogen (secondary N) is 3. The van der Waals surface area contributed by atoms with Crippen molar-refractivity contribution in [3.05, 3.63) is 97.3 Å². The van der Waals surface area contributed by atoms with Crippen molar-refractivity contribution in [3.63, 3.8) is 0 Å². The first kappa shape index (κ1) is 21.8. The quantitative estimate of drug-likeness (QED) is 0.271. The van der Waals surface area contributed by atoms with Crippen LogP contribution >= 0.6 is 0 Å². The molecule has 0 bridgehead atoms. The van der Waals surface area contributed by atoms with E-state index < -0.39 is 0 Å². The molecular weight excluding hydrogens is 514 g/mol. The summed E-state index contributed by atoms with van der Waals surface area (Å²) >= 11 is 0. The predicted molar refractivity (Wildman–Crippen MR) is 156 cm³/mol. The maximum atomic E-state index is 4.62. The van der Waals surface area contributed by atoms with Gasteiger partial charge in [-0.25, -0.2) is 9.97 Å². The smallest absolute Gasteiger partial charge is 0.230 e. The predicted octanol–water partition coefficient (Wildman–Crippen LogP) is 5.57. The van der Waals surface area contributed by atoms with Gasteiger partial charge in [-0.2, -0.15) is 9.36 Å². The van der Waals surface area contributed by atoms with Gasteiger partial charge in [-0.1, -0.05) is 46.8 Å². The van der Waals surface area contributed by atoms with E-state index in [0.717, 1.165) is 66.4 Å². The van der Waals surface area contributed by atoms with Gasteiger partial charge in [0.1, 0.15) is 11.4 Å². The Labute approximate surface area is 230 Å². The first-order valence-electron chi connectivity index (χ1n) is 13.1. The van der Waals surface area contributed by atoms with Crippen molar-refractivity contribution in [3.8, 4) is 34.4 Å². The minimum atomic E-state index is 0.624. The van der Waals surface area contributed by atoms with Gasteiger partial charge in [0.25, 0.3) is 0 Å². The third-order valence-corrected chi connectivity index (χ3v) is 7.36. The van der Waals surface area contributed by atoms with Crippen molar-refractivity contribution in [1.29, 1.82) is 0 Å². The van der Waals surface area contributed by atoms with Crippen molar-refractivity contribution >= 4 is 43.9 Å². The molecular formula is C30H19N11. The number of fused-ring (bicyclic) bond motifs is 5. The van der Waals surface area contributed by atoms with E-state index in [9.17, 15) is 0 Å². The molecule has 0 aliphatic rings. The number of hydrogen-bond donors (Lipinski definition) is 3. The number of aromatic nitrogens is 11. The van der Waals surface area contributed by atoms with Gasteiger partial charge in [0, 0.05) is 32.9 Å². The van der Waals surface area contributed by atoms with Crippen LogP contribution in [0.25, 0.3) is 78.3 Å². The number of para-hydroxylation sites is 4. The first-order chi connectivity index (χ1) is 20.2. The zero-order valence-electron chi connectivity index (χ0n) is 21.3. The van der Waals surface area contributed by atoms with E-state index >= 15 is 0 Å². The molecule has 0 aliphatic heterocycles. The van der Waals surface area contributed by atoms with Gasteiger partial charge in [0.05, 0.1) is 34.5 Å². The molecule has 5 heterocycles. The number of rotatable bonds is 4. The average molecular weight is 534 g/mol. The summed E-state index contributed by atoms with van der Waals surface area (Å²) in [6.07, 6.45) is 3.77. The maximum Gasteiger partial charge on any atom is 0.230 e. The molecule has 0 saturated carbocycles. The van der Waals surface area contributed by atoms with Crippen LogP contribution in [0.15, 0.2) is 97.3 Å². The van der Waals surface area contributed by atoms with Crippen molar-refractivity contribution in [2.45, 2.75) is 0 Å². The van der Waals surface area contributed by atoms with Crippen LogP contribution in [0, 0.1) is 0 Å². The fourth-order valence-electron chi connectivity index (χ4n) is 5.31. The molecule has 194 valence electrons. The third-order valence-electron chi connectivity index (χ3n) is 7.36. The summed E-state index contributed by atoms with van der Waals surface area (Å²) in [7, 11) is 0. The number of benzene rings is 4. The molecule has 0 radical (unpaired) electrons. The lowest BCUT2D eigenvalue weighted by atomic mass is 10.0. The summed E-state index contributed by atoms with van der Waals surface area (Å²) < 4.78 is 3.33. The Morgan fingerprint density at radius 1 is 0.488 bits per heavy atom. The summed E-state index contributed by atoms with van der Waals surface area (Å²) in [5.41, 5.74) is 9.18. The lowest BCUT2D eigenvalue weighted by Gasteiger charge is -1.99. The van der Waals surface area contributed by atoms with E-state index in [2.05, 4.69) is 69.8 Å². The second-order valence-electron chi connectivity index (χ2n) is 9.90. The normalized spacial score (nSPS) is 11.9. The molecule has 11 nitrogen and oxygen atoms in total. The van der Waals surface area contributed by atoms with Gasteiger partial charge in [-0.3, -0.25) is 0 Å². The molecule has 0 amide bonds. The number of imidazole rings is 2. The van der Waals surface area contributed by atoms with Gasteiger partial charge < -0.3 is 15.0 Å². The van der Waals surface area contributed by atoms with Gasteiger partial charge in [-0.05, 0) is 48.5 Å². The molecule has 0 aliphatic carbocycles. The molecule has 9 rings (SSSR count). The molecule has 0 unspecified atom stereocenters. The van der Waals surface area contributed by atoms with Crippen LogP contribution in [0.3, 0.4) is 0 Å². The van der Waals surface area contributed by atoms with Crippen LogP contribution in [-0.4, -0.2) is 54.9 Å². The monoisotopic (exact) mass is 533 g/mol. The molecule has 11 heteroatoms. The van der Waals surface area contributed by atoms with Crippen LogP contribution in [0.4, 0.5) is 0 Å². The molecule has 4 aromatic carbocycles. The molecule has 0 atom stereocenters. The van der Waals surface area contributed by atoms with Crippen molar-refractivity contribution < 1.29 is 0 Å². The Morgan fingerprint density at radius 3 is 1.46 bits per heavy atom. The summed E-state index contributed by atoms with van der Waals surface area (Å²) in [5.74, 6) is 1.25. The van der Waals surface area contributed by atoms with Gasteiger partial charge >= 0.3 is 0 Å².